The van der Waals surface area contributed by atoms with E-state index < -0.39 is 5.82 Å². The number of carbonyl (C=O) groups is 1. The normalized spacial score (nSPS) is 29.0. The largest absolute Gasteiger partial charge is 0.396 e. The first-order chi connectivity index (χ1) is 10.2. The van der Waals surface area contributed by atoms with Crippen molar-refractivity contribution in [2.75, 3.05) is 26.2 Å². The molecule has 0 aromatic carbocycles. The molecule has 0 bridgehead atoms. The van der Waals surface area contributed by atoms with E-state index in [0.717, 1.165) is 32.0 Å². The number of carbonyl (C=O) groups excluding carboxylic acids is 1. The number of aliphatic hydroxyl groups is 1. The summed E-state index contributed by atoms with van der Waals surface area (Å²) in [6.45, 7) is 2.06. The number of rotatable bonds is 2. The molecule has 3 rings (SSSR count). The van der Waals surface area contributed by atoms with Crippen molar-refractivity contribution in [3.63, 3.8) is 0 Å². The molecule has 0 spiro atoms. The van der Waals surface area contributed by atoms with Crippen LogP contribution in [0.25, 0.3) is 0 Å². The van der Waals surface area contributed by atoms with Crippen LogP contribution in [0.2, 0.25) is 0 Å². The van der Waals surface area contributed by atoms with Crippen LogP contribution in [-0.2, 0) is 0 Å². The number of pyridine rings is 1. The van der Waals surface area contributed by atoms with Gasteiger partial charge in [0.05, 0.1) is 18.4 Å². The maximum Gasteiger partial charge on any atom is 0.256 e. The minimum Gasteiger partial charge on any atom is -0.396 e. The quantitative estimate of drug-likeness (QED) is 0.846. The Kier molecular flexibility index (Phi) is 3.91. The molecule has 5 nitrogen and oxygen atoms in total. The maximum absolute atomic E-state index is 13.7. The first-order valence-corrected chi connectivity index (χ1v) is 7.39. The van der Waals surface area contributed by atoms with Crippen molar-refractivity contribution in [3.05, 3.63) is 29.8 Å². The van der Waals surface area contributed by atoms with Crippen molar-refractivity contribution in [3.8, 4) is 0 Å². The lowest BCUT2D eigenvalue weighted by Gasteiger charge is -2.50. The topological polar surface area (TPSA) is 65.5 Å². The number of amides is 1. The lowest BCUT2D eigenvalue weighted by Crippen LogP contribution is -2.62. The lowest BCUT2D eigenvalue weighted by molar-refractivity contribution is -0.0139. The number of halogens is 1. The first-order valence-electron chi connectivity index (χ1n) is 7.39. The van der Waals surface area contributed by atoms with E-state index in [1.807, 2.05) is 0 Å². The Bertz CT molecular complexity index is 539. The van der Waals surface area contributed by atoms with E-state index in [9.17, 15) is 14.3 Å². The van der Waals surface area contributed by atoms with Gasteiger partial charge in [0.2, 0.25) is 0 Å². The summed E-state index contributed by atoms with van der Waals surface area (Å²) in [6.07, 6.45) is 5.16. The second kappa shape index (κ2) is 5.69. The molecule has 2 N–H and O–H groups in total. The van der Waals surface area contributed by atoms with E-state index in [0.29, 0.717) is 13.1 Å². The fourth-order valence-corrected chi connectivity index (χ4v) is 3.58. The minimum atomic E-state index is -0.593. The molecular weight excluding hydrogens is 273 g/mol. The summed E-state index contributed by atoms with van der Waals surface area (Å²) in [5, 5.41) is 13.3. The summed E-state index contributed by atoms with van der Waals surface area (Å²) in [4.78, 5) is 17.8. The highest BCUT2D eigenvalue weighted by atomic mass is 19.1. The second-order valence-corrected chi connectivity index (χ2v) is 6.00. The number of likely N-dealkylation sites (tertiary alicyclic amines) is 1. The molecule has 0 radical (unpaired) electrons. The molecule has 2 aliphatic rings. The highest BCUT2D eigenvalue weighted by Crippen LogP contribution is 2.37. The molecule has 0 aliphatic carbocycles. The van der Waals surface area contributed by atoms with E-state index >= 15 is 0 Å². The fourth-order valence-electron chi connectivity index (χ4n) is 3.58. The number of hydrogen-bond donors (Lipinski definition) is 2. The molecule has 114 valence electrons. The highest BCUT2D eigenvalue weighted by Gasteiger charge is 2.45. The number of nitrogens with one attached hydrogen (secondary N) is 1. The van der Waals surface area contributed by atoms with Gasteiger partial charge in [-0.15, -0.1) is 0 Å². The number of fused-ring (bicyclic) bond motifs is 1. The smallest absolute Gasteiger partial charge is 0.256 e. The molecule has 2 aliphatic heterocycles. The molecule has 1 amide bonds. The molecule has 21 heavy (non-hydrogen) atoms. The Labute approximate surface area is 123 Å². The van der Waals surface area contributed by atoms with Crippen molar-refractivity contribution in [2.24, 2.45) is 5.41 Å². The molecule has 2 fully saturated rings. The number of aliphatic hydroxyl groups excluding tert-OH is 1. The fraction of sp³-hybridized carbons (Fsp3) is 0.600. The van der Waals surface area contributed by atoms with Crippen molar-refractivity contribution >= 4 is 5.91 Å². The third kappa shape index (κ3) is 2.53. The van der Waals surface area contributed by atoms with Crippen molar-refractivity contribution in [2.45, 2.75) is 25.3 Å². The van der Waals surface area contributed by atoms with Crippen LogP contribution < -0.4 is 5.32 Å². The molecule has 0 saturated carbocycles. The van der Waals surface area contributed by atoms with Crippen LogP contribution in [0.3, 0.4) is 0 Å². The summed E-state index contributed by atoms with van der Waals surface area (Å²) in [6, 6.07) is 1.65. The summed E-state index contributed by atoms with van der Waals surface area (Å²) in [5.41, 5.74) is -0.240. The first kappa shape index (κ1) is 14.4. The van der Waals surface area contributed by atoms with Gasteiger partial charge in [0.25, 0.3) is 5.91 Å². The van der Waals surface area contributed by atoms with Gasteiger partial charge in [0.1, 0.15) is 0 Å². The molecule has 2 saturated heterocycles. The zero-order valence-electron chi connectivity index (χ0n) is 11.9. The maximum atomic E-state index is 13.7. The van der Waals surface area contributed by atoms with Gasteiger partial charge in [-0.1, -0.05) is 0 Å². The molecule has 1 aromatic heterocycles. The summed E-state index contributed by atoms with van der Waals surface area (Å²) < 4.78 is 13.7. The second-order valence-electron chi connectivity index (χ2n) is 6.00. The number of piperidine rings is 2. The van der Waals surface area contributed by atoms with Crippen molar-refractivity contribution in [1.29, 1.82) is 0 Å². The monoisotopic (exact) mass is 293 g/mol. The highest BCUT2D eigenvalue weighted by molar-refractivity contribution is 5.94. The van der Waals surface area contributed by atoms with E-state index in [-0.39, 0.29) is 29.5 Å². The van der Waals surface area contributed by atoms with Crippen molar-refractivity contribution < 1.29 is 14.3 Å². The van der Waals surface area contributed by atoms with E-state index in [4.69, 9.17) is 0 Å². The van der Waals surface area contributed by atoms with Crippen molar-refractivity contribution in [1.82, 2.24) is 15.2 Å². The molecule has 1 aromatic rings. The zero-order chi connectivity index (χ0) is 14.9. The minimum absolute atomic E-state index is 0.0489. The average Bonchev–Trinajstić information content (AvgIpc) is 2.54. The lowest BCUT2D eigenvalue weighted by atomic mass is 9.70. The Morgan fingerprint density at radius 1 is 1.62 bits per heavy atom. The van der Waals surface area contributed by atoms with Crippen LogP contribution in [0.15, 0.2) is 18.5 Å². The molecule has 0 unspecified atom stereocenters. The Balaban J connectivity index is 1.81. The third-order valence-corrected chi connectivity index (χ3v) is 4.78. The van der Waals surface area contributed by atoms with Gasteiger partial charge >= 0.3 is 0 Å². The molecule has 6 heteroatoms. The van der Waals surface area contributed by atoms with Crippen LogP contribution in [0.4, 0.5) is 4.39 Å². The van der Waals surface area contributed by atoms with Crippen LogP contribution >= 0.6 is 0 Å². The number of nitrogens with zero attached hydrogens (tertiary/aromatic N) is 2. The molecule has 3 heterocycles. The summed E-state index contributed by atoms with van der Waals surface area (Å²) >= 11 is 0. The third-order valence-electron chi connectivity index (χ3n) is 4.78. The number of aromatic nitrogens is 1. The van der Waals surface area contributed by atoms with Gasteiger partial charge in [-0.05, 0) is 31.9 Å². The van der Waals surface area contributed by atoms with E-state index in [1.54, 1.807) is 4.90 Å². The Morgan fingerprint density at radius 3 is 3.24 bits per heavy atom. The van der Waals surface area contributed by atoms with Gasteiger partial charge in [-0.2, -0.15) is 0 Å². The van der Waals surface area contributed by atoms with E-state index in [2.05, 4.69) is 10.3 Å². The standard InChI is InChI=1S/C15H20FN3O2/c16-12-8-17-6-2-11(12)14(21)19-7-3-13-15(9-19,10-20)4-1-5-18-13/h2,6,8,13,18,20H,1,3-5,7,9-10H2/t13-,15-/m1/s1. The van der Waals surface area contributed by atoms with Crippen LogP contribution in [-0.4, -0.2) is 53.2 Å². The average molecular weight is 293 g/mol. The SMILES string of the molecule is O=C(c1ccncc1F)N1CC[C@H]2NCCC[C@]2(CO)C1. The summed E-state index contributed by atoms with van der Waals surface area (Å²) in [7, 11) is 0. The predicted molar refractivity (Wildman–Crippen MR) is 75.3 cm³/mol. The zero-order valence-corrected chi connectivity index (χ0v) is 11.9. The van der Waals surface area contributed by atoms with Gasteiger partial charge in [0.15, 0.2) is 5.82 Å². The number of hydrogen-bond acceptors (Lipinski definition) is 4. The molecule has 2 atom stereocenters. The van der Waals surface area contributed by atoms with Gasteiger partial charge in [-0.25, -0.2) is 4.39 Å². The predicted octanol–water partition coefficient (Wildman–Crippen LogP) is 0.797. The van der Waals surface area contributed by atoms with Crippen LogP contribution in [0.1, 0.15) is 29.6 Å². The van der Waals surface area contributed by atoms with E-state index in [1.165, 1.54) is 12.3 Å². The van der Waals surface area contributed by atoms with Crippen LogP contribution in [0, 0.1) is 11.2 Å². The Morgan fingerprint density at radius 2 is 2.48 bits per heavy atom. The van der Waals surface area contributed by atoms with Gasteiger partial charge < -0.3 is 15.3 Å². The Hall–Kier alpha value is -1.53. The van der Waals surface area contributed by atoms with Crippen LogP contribution in [0.5, 0.6) is 0 Å². The van der Waals surface area contributed by atoms with Gasteiger partial charge in [0, 0.05) is 30.7 Å². The summed E-state index contributed by atoms with van der Waals surface area (Å²) in [5.74, 6) is -0.906. The van der Waals surface area contributed by atoms with Gasteiger partial charge in [-0.3, -0.25) is 9.78 Å². The molecular formula is C15H20FN3O2.